The van der Waals surface area contributed by atoms with Gasteiger partial charge in [-0.3, -0.25) is 4.79 Å². The van der Waals surface area contributed by atoms with Gasteiger partial charge in [0.2, 0.25) is 0 Å². The van der Waals surface area contributed by atoms with Gasteiger partial charge < -0.3 is 10.2 Å². The van der Waals surface area contributed by atoms with Gasteiger partial charge in [-0.1, -0.05) is 0 Å². The first-order valence-corrected chi connectivity index (χ1v) is 8.06. The minimum atomic E-state index is -3.72. The third-order valence-corrected chi connectivity index (χ3v) is 5.26. The number of hydrogen-bond donors (Lipinski definition) is 3. The molecule has 18 heavy (non-hydrogen) atoms. The monoisotopic (exact) mass is 300 g/mol. The molecule has 0 aliphatic rings. The van der Waals surface area contributed by atoms with Gasteiger partial charge in [-0.05, 0) is 13.2 Å². The van der Waals surface area contributed by atoms with Gasteiger partial charge in [-0.2, -0.15) is 29.2 Å². The molecule has 0 aromatic carbocycles. The topological polar surface area (TPSA) is 107 Å². The maximum Gasteiger partial charge on any atom is 0.304 e. The molecule has 0 bridgehead atoms. The van der Waals surface area contributed by atoms with E-state index in [1.165, 1.54) is 18.8 Å². The van der Waals surface area contributed by atoms with Crippen LogP contribution in [-0.2, 0) is 15.0 Å². The Balaban J connectivity index is 4.50. The quantitative estimate of drug-likeness (QED) is 0.522. The van der Waals surface area contributed by atoms with Crippen LogP contribution in [0.25, 0.3) is 0 Å². The minimum absolute atomic E-state index is 0.0968. The summed E-state index contributed by atoms with van der Waals surface area (Å²) in [6.07, 6.45) is 1.53. The molecule has 0 saturated heterocycles. The highest BCUT2D eigenvalue weighted by Crippen LogP contribution is 2.11. The van der Waals surface area contributed by atoms with Crippen LogP contribution >= 0.6 is 11.8 Å². The van der Waals surface area contributed by atoms with E-state index in [9.17, 15) is 13.2 Å². The Morgan fingerprint density at radius 2 is 2.06 bits per heavy atom. The highest BCUT2D eigenvalue weighted by molar-refractivity contribution is 7.99. The summed E-state index contributed by atoms with van der Waals surface area (Å²) in [6, 6.07) is -0.442. The number of nitrogens with zero attached hydrogens (tertiary/aromatic N) is 1. The summed E-state index contributed by atoms with van der Waals surface area (Å²) in [7, 11) is -2.41. The standard InChI is InChI=1S/C9H20N2O5S2/c1-7(8(6-12)17-3)10-18(15,16)11(2)5-4-9(13)14/h7-8,10,12H,4-6H2,1-3H3,(H,13,14). The van der Waals surface area contributed by atoms with E-state index in [0.29, 0.717) is 0 Å². The second-order valence-corrected chi connectivity index (χ2v) is 6.72. The second kappa shape index (κ2) is 7.95. The lowest BCUT2D eigenvalue weighted by atomic mass is 10.3. The number of carboxylic acid groups (broad SMARTS) is 1. The van der Waals surface area contributed by atoms with Gasteiger partial charge in [-0.25, -0.2) is 0 Å². The number of rotatable bonds is 9. The maximum atomic E-state index is 11.8. The summed E-state index contributed by atoms with van der Waals surface area (Å²) >= 11 is 1.36. The van der Waals surface area contributed by atoms with Crippen LogP contribution in [0, 0.1) is 0 Å². The number of hydrogen-bond acceptors (Lipinski definition) is 5. The Hall–Kier alpha value is -0.350. The first-order chi connectivity index (χ1) is 8.24. The summed E-state index contributed by atoms with van der Waals surface area (Å²) in [4.78, 5) is 10.4. The summed E-state index contributed by atoms with van der Waals surface area (Å²) < 4.78 is 27.0. The Kier molecular flexibility index (Phi) is 7.79. The first kappa shape index (κ1) is 17.6. The number of thioether (sulfide) groups is 1. The Morgan fingerprint density at radius 3 is 2.44 bits per heavy atom. The largest absolute Gasteiger partial charge is 0.481 e. The summed E-state index contributed by atoms with van der Waals surface area (Å²) in [5.41, 5.74) is 0. The molecule has 9 heteroatoms. The Bertz CT molecular complexity index is 356. The highest BCUT2D eigenvalue weighted by Gasteiger charge is 2.24. The fourth-order valence-electron chi connectivity index (χ4n) is 1.21. The number of aliphatic hydroxyl groups excluding tert-OH is 1. The molecule has 0 aromatic heterocycles. The SMILES string of the molecule is CSC(CO)C(C)NS(=O)(=O)N(C)CCC(=O)O. The molecule has 2 unspecified atom stereocenters. The summed E-state index contributed by atoms with van der Waals surface area (Å²) in [5.74, 6) is -1.05. The van der Waals surface area contributed by atoms with E-state index in [0.717, 1.165) is 4.31 Å². The number of carbonyl (C=O) groups is 1. The average molecular weight is 300 g/mol. The predicted molar refractivity (Wildman–Crippen MR) is 70.8 cm³/mol. The van der Waals surface area contributed by atoms with Crippen molar-refractivity contribution >= 4 is 27.9 Å². The lowest BCUT2D eigenvalue weighted by molar-refractivity contribution is -0.137. The summed E-state index contributed by atoms with van der Waals surface area (Å²) in [6.45, 7) is 1.42. The van der Waals surface area contributed by atoms with Gasteiger partial charge in [0.25, 0.3) is 10.2 Å². The number of nitrogens with one attached hydrogen (secondary N) is 1. The van der Waals surface area contributed by atoms with Gasteiger partial charge in [0.05, 0.1) is 13.0 Å². The third kappa shape index (κ3) is 6.01. The van der Waals surface area contributed by atoms with Crippen molar-refractivity contribution in [3.8, 4) is 0 Å². The molecule has 0 aliphatic carbocycles. The van der Waals surface area contributed by atoms with Crippen LogP contribution in [0.1, 0.15) is 13.3 Å². The zero-order valence-electron chi connectivity index (χ0n) is 10.7. The van der Waals surface area contributed by atoms with Gasteiger partial charge in [-0.15, -0.1) is 0 Å². The second-order valence-electron chi connectivity index (χ2n) is 3.83. The lowest BCUT2D eigenvalue weighted by Gasteiger charge is -2.24. The smallest absolute Gasteiger partial charge is 0.304 e. The zero-order chi connectivity index (χ0) is 14.3. The molecule has 0 spiro atoms. The fourth-order valence-corrected chi connectivity index (χ4v) is 3.07. The molecule has 0 aromatic rings. The normalized spacial score (nSPS) is 15.6. The van der Waals surface area contributed by atoms with Crippen LogP contribution < -0.4 is 4.72 Å². The molecule has 0 heterocycles. The van der Waals surface area contributed by atoms with Crippen LogP contribution in [0.3, 0.4) is 0 Å². The molecular formula is C9H20N2O5S2. The van der Waals surface area contributed by atoms with Crippen LogP contribution in [0.15, 0.2) is 0 Å². The van der Waals surface area contributed by atoms with Crippen molar-refractivity contribution in [1.29, 1.82) is 0 Å². The Labute approximate surface area is 112 Å². The van der Waals surface area contributed by atoms with Gasteiger partial charge in [0.1, 0.15) is 0 Å². The van der Waals surface area contributed by atoms with Crippen LogP contribution in [-0.4, -0.2) is 66.7 Å². The van der Waals surface area contributed by atoms with Gasteiger partial charge in [0, 0.05) is 24.9 Å². The van der Waals surface area contributed by atoms with Crippen molar-refractivity contribution in [1.82, 2.24) is 9.03 Å². The van der Waals surface area contributed by atoms with Crippen molar-refractivity contribution in [3.63, 3.8) is 0 Å². The fraction of sp³-hybridized carbons (Fsp3) is 0.889. The van der Waals surface area contributed by atoms with Gasteiger partial charge >= 0.3 is 5.97 Å². The van der Waals surface area contributed by atoms with E-state index in [2.05, 4.69) is 4.72 Å². The molecule has 0 aliphatic heterocycles. The molecule has 3 N–H and O–H groups in total. The van der Waals surface area contributed by atoms with E-state index in [1.54, 1.807) is 13.2 Å². The molecule has 0 fully saturated rings. The summed E-state index contributed by atoms with van der Waals surface area (Å²) in [5, 5.41) is 17.3. The number of aliphatic carboxylic acids is 1. The predicted octanol–water partition coefficient (Wildman–Crippen LogP) is -0.660. The van der Waals surface area contributed by atoms with E-state index in [4.69, 9.17) is 10.2 Å². The average Bonchev–Trinajstić information content (AvgIpc) is 2.26. The molecular weight excluding hydrogens is 280 g/mol. The minimum Gasteiger partial charge on any atom is -0.481 e. The van der Waals surface area contributed by atoms with E-state index < -0.39 is 22.2 Å². The van der Waals surface area contributed by atoms with Crippen molar-refractivity contribution in [2.75, 3.05) is 26.5 Å². The molecule has 7 nitrogen and oxygen atoms in total. The van der Waals surface area contributed by atoms with Crippen molar-refractivity contribution in [3.05, 3.63) is 0 Å². The molecule has 0 radical (unpaired) electrons. The number of carboxylic acids is 1. The van der Waals surface area contributed by atoms with Crippen molar-refractivity contribution in [2.24, 2.45) is 0 Å². The molecule has 0 amide bonds. The first-order valence-electron chi connectivity index (χ1n) is 5.33. The lowest BCUT2D eigenvalue weighted by Crippen LogP contribution is -2.47. The van der Waals surface area contributed by atoms with E-state index >= 15 is 0 Å². The van der Waals surface area contributed by atoms with Crippen LogP contribution in [0.2, 0.25) is 0 Å². The van der Waals surface area contributed by atoms with E-state index in [1.807, 2.05) is 0 Å². The van der Waals surface area contributed by atoms with Gasteiger partial charge in [0.15, 0.2) is 0 Å². The molecule has 0 saturated carbocycles. The van der Waals surface area contributed by atoms with Crippen LogP contribution in [0.4, 0.5) is 0 Å². The highest BCUT2D eigenvalue weighted by atomic mass is 32.2. The molecule has 0 rings (SSSR count). The van der Waals surface area contributed by atoms with Crippen molar-refractivity contribution < 1.29 is 23.4 Å². The Morgan fingerprint density at radius 1 is 1.50 bits per heavy atom. The van der Waals surface area contributed by atoms with Crippen LogP contribution in [0.5, 0.6) is 0 Å². The van der Waals surface area contributed by atoms with E-state index in [-0.39, 0.29) is 24.8 Å². The molecule has 108 valence electrons. The number of aliphatic hydroxyl groups is 1. The van der Waals surface area contributed by atoms with Crippen molar-refractivity contribution in [2.45, 2.75) is 24.6 Å². The zero-order valence-corrected chi connectivity index (χ0v) is 12.3. The third-order valence-electron chi connectivity index (χ3n) is 2.43. The maximum absolute atomic E-state index is 11.8. The molecule has 2 atom stereocenters.